The van der Waals surface area contributed by atoms with Crippen LogP contribution in [0.15, 0.2) is 39.7 Å². The molecule has 0 unspecified atom stereocenters. The zero-order valence-corrected chi connectivity index (χ0v) is 13.2. The van der Waals surface area contributed by atoms with E-state index in [4.69, 9.17) is 19.0 Å². The Hall–Kier alpha value is -2.96. The Kier molecular flexibility index (Phi) is 5.83. The Balaban J connectivity index is 2.29. The van der Waals surface area contributed by atoms with Crippen molar-refractivity contribution in [2.24, 2.45) is 0 Å². The fourth-order valence-corrected chi connectivity index (χ4v) is 1.99. The SMILES string of the molecule is CCCC/C=C/Oc1c(O)c2cc(OCC(=O)O)ccc2oc1=O. The first-order valence-electron chi connectivity index (χ1n) is 7.49. The monoisotopic (exact) mass is 334 g/mol. The average Bonchev–Trinajstić information content (AvgIpc) is 2.55. The van der Waals surface area contributed by atoms with E-state index >= 15 is 0 Å². The highest BCUT2D eigenvalue weighted by molar-refractivity contribution is 5.86. The molecular formula is C17H18O7. The summed E-state index contributed by atoms with van der Waals surface area (Å²) in [7, 11) is 0. The standard InChI is InChI=1S/C17H18O7/c1-2-3-4-5-8-22-16-15(20)12-9-11(23-10-14(18)19)6-7-13(12)24-17(16)21/h5-9,20H,2-4,10H2,1H3,(H,18,19)/b8-5+. The van der Waals surface area contributed by atoms with Crippen molar-refractivity contribution in [3.05, 3.63) is 41.0 Å². The smallest absolute Gasteiger partial charge is 0.383 e. The van der Waals surface area contributed by atoms with Gasteiger partial charge in [-0.3, -0.25) is 0 Å². The molecule has 0 bridgehead atoms. The van der Waals surface area contributed by atoms with E-state index in [0.29, 0.717) is 0 Å². The summed E-state index contributed by atoms with van der Waals surface area (Å²) in [6.07, 6.45) is 5.90. The first-order chi connectivity index (χ1) is 11.5. The number of aliphatic carboxylic acids is 1. The van der Waals surface area contributed by atoms with E-state index in [1.54, 1.807) is 6.08 Å². The topological polar surface area (TPSA) is 106 Å². The Morgan fingerprint density at radius 2 is 2.17 bits per heavy atom. The second kappa shape index (κ2) is 8.05. The Labute approximate surface area is 137 Å². The minimum atomic E-state index is -1.12. The molecule has 0 aliphatic rings. The number of benzene rings is 1. The van der Waals surface area contributed by atoms with Crippen LogP contribution >= 0.6 is 0 Å². The predicted molar refractivity (Wildman–Crippen MR) is 86.6 cm³/mol. The summed E-state index contributed by atoms with van der Waals surface area (Å²) in [4.78, 5) is 22.4. The van der Waals surface area contributed by atoms with Gasteiger partial charge in [-0.25, -0.2) is 9.59 Å². The van der Waals surface area contributed by atoms with Crippen LogP contribution in [0, 0.1) is 0 Å². The molecule has 1 heterocycles. The number of allylic oxidation sites excluding steroid dienone is 1. The third-order valence-corrected chi connectivity index (χ3v) is 3.18. The average molecular weight is 334 g/mol. The normalized spacial score (nSPS) is 11.0. The summed E-state index contributed by atoms with van der Waals surface area (Å²) < 4.78 is 15.3. The Morgan fingerprint density at radius 3 is 2.88 bits per heavy atom. The van der Waals surface area contributed by atoms with Crippen LogP contribution in [0.4, 0.5) is 0 Å². The molecule has 24 heavy (non-hydrogen) atoms. The molecule has 0 radical (unpaired) electrons. The van der Waals surface area contributed by atoms with Crippen molar-refractivity contribution < 1.29 is 28.9 Å². The molecule has 0 atom stereocenters. The molecule has 128 valence electrons. The minimum Gasteiger partial charge on any atom is -0.504 e. The Morgan fingerprint density at radius 1 is 1.38 bits per heavy atom. The van der Waals surface area contributed by atoms with Crippen LogP contribution in [-0.4, -0.2) is 22.8 Å². The summed E-state index contributed by atoms with van der Waals surface area (Å²) in [5.41, 5.74) is -0.665. The molecule has 0 saturated heterocycles. The lowest BCUT2D eigenvalue weighted by molar-refractivity contribution is -0.139. The van der Waals surface area contributed by atoms with E-state index in [2.05, 4.69) is 6.92 Å². The lowest BCUT2D eigenvalue weighted by atomic mass is 10.2. The van der Waals surface area contributed by atoms with Crippen LogP contribution in [0.3, 0.4) is 0 Å². The maximum atomic E-state index is 11.9. The number of rotatable bonds is 8. The van der Waals surface area contributed by atoms with E-state index in [-0.39, 0.29) is 28.2 Å². The quantitative estimate of drug-likeness (QED) is 0.434. The van der Waals surface area contributed by atoms with Crippen molar-refractivity contribution in [2.45, 2.75) is 26.2 Å². The van der Waals surface area contributed by atoms with Crippen molar-refractivity contribution in [1.29, 1.82) is 0 Å². The van der Waals surface area contributed by atoms with Gasteiger partial charge in [0.05, 0.1) is 11.6 Å². The number of carboxylic acid groups (broad SMARTS) is 1. The molecule has 0 fully saturated rings. The maximum Gasteiger partial charge on any atom is 0.383 e. The van der Waals surface area contributed by atoms with Gasteiger partial charge in [-0.2, -0.15) is 0 Å². The lowest BCUT2D eigenvalue weighted by Gasteiger charge is -2.07. The molecule has 1 aromatic carbocycles. The highest BCUT2D eigenvalue weighted by Gasteiger charge is 2.16. The summed E-state index contributed by atoms with van der Waals surface area (Å²) in [6.45, 7) is 1.54. The number of hydrogen-bond donors (Lipinski definition) is 2. The second-order valence-electron chi connectivity index (χ2n) is 5.04. The summed E-state index contributed by atoms with van der Waals surface area (Å²) in [6, 6.07) is 4.23. The van der Waals surface area contributed by atoms with Crippen LogP contribution in [0.2, 0.25) is 0 Å². The highest BCUT2D eigenvalue weighted by atomic mass is 16.5. The van der Waals surface area contributed by atoms with Crippen molar-refractivity contribution in [1.82, 2.24) is 0 Å². The van der Waals surface area contributed by atoms with Gasteiger partial charge in [0, 0.05) is 0 Å². The molecule has 2 N–H and O–H groups in total. The Bertz CT molecular complexity index is 804. The van der Waals surface area contributed by atoms with Gasteiger partial charge in [-0.15, -0.1) is 0 Å². The molecule has 7 nitrogen and oxygen atoms in total. The van der Waals surface area contributed by atoms with Crippen LogP contribution in [0.1, 0.15) is 26.2 Å². The van der Waals surface area contributed by atoms with Crippen molar-refractivity contribution in [3.63, 3.8) is 0 Å². The van der Waals surface area contributed by atoms with E-state index in [0.717, 1.165) is 19.3 Å². The maximum absolute atomic E-state index is 11.9. The van der Waals surface area contributed by atoms with E-state index < -0.39 is 18.2 Å². The van der Waals surface area contributed by atoms with Crippen molar-refractivity contribution >= 4 is 16.9 Å². The molecule has 1 aromatic heterocycles. The van der Waals surface area contributed by atoms with Crippen LogP contribution < -0.4 is 15.1 Å². The zero-order valence-electron chi connectivity index (χ0n) is 13.2. The zero-order chi connectivity index (χ0) is 17.5. The molecule has 2 aromatic rings. The number of carboxylic acids is 1. The molecule has 0 aliphatic heterocycles. The molecule has 2 rings (SSSR count). The number of aromatic hydroxyl groups is 1. The van der Waals surface area contributed by atoms with Gasteiger partial charge in [0.25, 0.3) is 5.75 Å². The van der Waals surface area contributed by atoms with Gasteiger partial charge in [-0.1, -0.05) is 13.3 Å². The molecule has 0 amide bonds. The van der Waals surface area contributed by atoms with Gasteiger partial charge in [0.2, 0.25) is 0 Å². The summed E-state index contributed by atoms with van der Waals surface area (Å²) in [5.74, 6) is -1.62. The molecule has 0 saturated carbocycles. The molecule has 7 heteroatoms. The number of carbonyl (C=O) groups is 1. The highest BCUT2D eigenvalue weighted by Crippen LogP contribution is 2.33. The first kappa shape index (κ1) is 17.4. The predicted octanol–water partition coefficient (Wildman–Crippen LogP) is 3.04. The van der Waals surface area contributed by atoms with Crippen LogP contribution in [0.25, 0.3) is 11.0 Å². The molecule has 0 spiro atoms. The van der Waals surface area contributed by atoms with E-state index in [1.807, 2.05) is 0 Å². The molecular weight excluding hydrogens is 316 g/mol. The third kappa shape index (κ3) is 4.28. The van der Waals surface area contributed by atoms with Gasteiger partial charge < -0.3 is 24.1 Å². The minimum absolute atomic E-state index is 0.141. The summed E-state index contributed by atoms with van der Waals surface area (Å²) in [5, 5.41) is 19.1. The number of ether oxygens (including phenoxy) is 2. The van der Waals surface area contributed by atoms with Crippen molar-refractivity contribution in [3.8, 4) is 17.2 Å². The van der Waals surface area contributed by atoms with E-state index in [9.17, 15) is 14.7 Å². The fraction of sp³-hybridized carbons (Fsp3) is 0.294. The second-order valence-corrected chi connectivity index (χ2v) is 5.04. The number of hydrogen-bond acceptors (Lipinski definition) is 6. The van der Waals surface area contributed by atoms with Crippen LogP contribution in [0.5, 0.6) is 17.2 Å². The van der Waals surface area contributed by atoms with Gasteiger partial charge in [0.15, 0.2) is 12.4 Å². The fourth-order valence-electron chi connectivity index (χ4n) is 1.99. The largest absolute Gasteiger partial charge is 0.504 e. The number of fused-ring (bicyclic) bond motifs is 1. The van der Waals surface area contributed by atoms with Gasteiger partial charge in [-0.05, 0) is 37.1 Å². The van der Waals surface area contributed by atoms with Gasteiger partial charge in [0.1, 0.15) is 11.3 Å². The molecule has 0 aliphatic carbocycles. The van der Waals surface area contributed by atoms with Crippen LogP contribution in [-0.2, 0) is 4.79 Å². The lowest BCUT2D eigenvalue weighted by Crippen LogP contribution is -2.09. The summed E-state index contributed by atoms with van der Waals surface area (Å²) >= 11 is 0. The van der Waals surface area contributed by atoms with E-state index in [1.165, 1.54) is 24.5 Å². The van der Waals surface area contributed by atoms with Gasteiger partial charge >= 0.3 is 11.6 Å². The first-order valence-corrected chi connectivity index (χ1v) is 7.49. The third-order valence-electron chi connectivity index (χ3n) is 3.18. The number of unbranched alkanes of at least 4 members (excludes halogenated alkanes) is 2. The van der Waals surface area contributed by atoms with Crippen molar-refractivity contribution in [2.75, 3.05) is 6.61 Å².